The van der Waals surface area contributed by atoms with Crippen molar-refractivity contribution >= 4 is 99.1 Å². The van der Waals surface area contributed by atoms with E-state index in [0.29, 0.717) is 0 Å². The van der Waals surface area contributed by atoms with Crippen LogP contribution in [0.1, 0.15) is 0 Å². The molecule has 8 nitrogen and oxygen atoms in total. The maximum Gasteiger partial charge on any atom is -0.870 e. The predicted octanol–water partition coefficient (Wildman–Crippen LogP) is -14.9. The fraction of sp³-hybridized carbons (Fsp3) is 0. The zero-order chi connectivity index (χ0) is 4.50. The second-order valence-corrected chi connectivity index (χ2v) is 1.22. The molecule has 0 heterocycles. The van der Waals surface area contributed by atoms with Gasteiger partial charge in [-0.15, -0.1) is 0 Å². The number of hydrogen-bond acceptors (Lipinski definition) is 5. The normalized spacial score (nSPS) is 3.87. The maximum atomic E-state index is 8.52. The van der Waals surface area contributed by atoms with Crippen molar-refractivity contribution < 1.29 is 128 Å². The molecular weight excluding hydrogens is 298 g/mol. The van der Waals surface area contributed by atoms with E-state index in [-0.39, 0.29) is 199 Å². The summed E-state index contributed by atoms with van der Waals surface area (Å²) in [5.74, 6) is 0. The first-order valence-electron chi connectivity index (χ1n) is 0.667. The smallest absolute Gasteiger partial charge is 0.870 e. The van der Waals surface area contributed by atoms with E-state index in [1.165, 1.54) is 0 Å². The van der Waals surface area contributed by atoms with Gasteiger partial charge in [-0.2, -0.15) is 0 Å². The molecule has 0 saturated heterocycles. The quantitative estimate of drug-likeness (QED) is 0.242. The molecule has 0 aromatic carbocycles. The number of hydrogen-bond donors (Lipinski definition) is 0. The van der Waals surface area contributed by atoms with E-state index in [2.05, 4.69) is 0 Å². The van der Waals surface area contributed by atoms with Gasteiger partial charge in [-0.05, 0) is 0 Å². The van der Waals surface area contributed by atoms with E-state index in [9.17, 15) is 0 Å². The molecule has 0 aliphatic carbocycles. The molecule has 15 heteroatoms. The molecule has 0 aliphatic rings. The van der Waals surface area contributed by atoms with Crippen LogP contribution in [0.2, 0.25) is 0 Å². The van der Waals surface area contributed by atoms with Crippen molar-refractivity contribution in [3.05, 3.63) is 0 Å². The molecule has 70 valence electrons. The largest absolute Gasteiger partial charge is 0.870 e. The van der Waals surface area contributed by atoms with Crippen LogP contribution in [0.5, 0.6) is 0 Å². The second-order valence-electron chi connectivity index (χ2n) is 0.408. The average molecular weight is 308 g/mol. The van der Waals surface area contributed by atoms with Gasteiger partial charge >= 0.3 is 177 Å². The van der Waals surface area contributed by atoms with Gasteiger partial charge in [0.15, 0.2) is 0 Å². The summed E-state index contributed by atoms with van der Waals surface area (Å²) in [6.45, 7) is 0. The summed E-state index contributed by atoms with van der Waals surface area (Å²) in [4.78, 5) is 0. The Balaban J connectivity index is -0.00000000178. The summed E-state index contributed by atoms with van der Waals surface area (Å²) in [6, 6.07) is 0. The van der Waals surface area contributed by atoms with E-state index >= 15 is 0 Å². The van der Waals surface area contributed by atoms with Gasteiger partial charge in [-0.25, -0.2) is 0 Å². The monoisotopic (exact) mass is 308 g/mol. The van der Waals surface area contributed by atoms with E-state index in [0.717, 1.165) is 0 Å². The van der Waals surface area contributed by atoms with Crippen LogP contribution in [0, 0.1) is 0 Å². The van der Waals surface area contributed by atoms with E-state index in [1.54, 1.807) is 0 Å². The van der Waals surface area contributed by atoms with Crippen LogP contribution >= 0.6 is 0 Å². The summed E-state index contributed by atoms with van der Waals surface area (Å²) in [6.07, 6.45) is 0. The Morgan fingerprint density at radius 3 is 0.667 bits per heavy atom. The van der Waals surface area contributed by atoms with Crippen LogP contribution in [0.25, 0.3) is 0 Å². The fourth-order valence-electron chi connectivity index (χ4n) is 0. The second kappa shape index (κ2) is 50.3. The average Bonchev–Trinajstić information content (AvgIpc) is 0.722. The maximum absolute atomic E-state index is 8.52. The van der Waals surface area contributed by atoms with Crippen LogP contribution in [0.15, 0.2) is 0 Å². The van der Waals surface area contributed by atoms with Crippen LogP contribution < -0.4 is 88.7 Å². The van der Waals surface area contributed by atoms with Crippen LogP contribution in [0.4, 0.5) is 0 Å². The van der Waals surface area contributed by atoms with Gasteiger partial charge in [0.1, 0.15) is 0 Å². The Morgan fingerprint density at radius 1 is 0.667 bits per heavy atom. The molecule has 0 fully saturated rings. The molecule has 0 amide bonds. The molecule has 7 N–H and O–H groups in total. The molecule has 0 bridgehead atoms. The first-order chi connectivity index (χ1) is 2.00. The third kappa shape index (κ3) is 190. The Hall–Kier alpha value is 5.71. The van der Waals surface area contributed by atoms with Gasteiger partial charge in [0.2, 0.25) is 0 Å². The van der Waals surface area contributed by atoms with Crippen molar-refractivity contribution in [2.45, 2.75) is 0 Å². The number of rotatable bonds is 0. The zero-order valence-corrected chi connectivity index (χ0v) is 13.8. The molecule has 0 unspecified atom stereocenters. The first-order valence-corrected chi connectivity index (χ1v) is 2.00. The van der Waals surface area contributed by atoms with Crippen molar-refractivity contribution in [1.29, 1.82) is 0 Å². The Bertz CT molecular complexity index is 102. The van der Waals surface area contributed by atoms with Gasteiger partial charge in [0.05, 0.1) is 0 Å². The van der Waals surface area contributed by atoms with Gasteiger partial charge in [-0.1, -0.05) is 0 Å². The summed E-state index contributed by atoms with van der Waals surface area (Å²) in [5.41, 5.74) is 0. The van der Waals surface area contributed by atoms with Gasteiger partial charge in [0, 0.05) is 10.4 Å². The minimum absolute atomic E-state index is 0. The third-order valence-corrected chi connectivity index (χ3v) is 0. The Morgan fingerprint density at radius 2 is 0.667 bits per heavy atom. The molecule has 0 aliphatic heterocycles. The van der Waals surface area contributed by atoms with Gasteiger partial charge in [0.25, 0.3) is 0 Å². The minimum atomic E-state index is -5.17. The molecule has 0 rings (SSSR count). The van der Waals surface area contributed by atoms with Gasteiger partial charge in [-0.3, -0.25) is 8.42 Å². The summed E-state index contributed by atoms with van der Waals surface area (Å²) >= 11 is 0. The molecule has 0 saturated carbocycles. The van der Waals surface area contributed by atoms with Crippen molar-refractivity contribution in [3.8, 4) is 0 Å². The standard InChI is InChI=1S/6Na.H2O4S.4H2O.3H/c;;;;;;1-5(2,3)4;;;;;;;/h;;;;;;(H2,1,2,3,4);4*1H2;;;/q;;;3*+1;;;;;;;;/p-3. The zero-order valence-electron chi connectivity index (χ0n) is 6.99. The van der Waals surface area contributed by atoms with Gasteiger partial charge < -0.3 is 31.0 Å². The molecular formula is H10Na6O8S. The Kier molecular flexibility index (Phi) is 286. The van der Waals surface area contributed by atoms with Crippen LogP contribution in [0.3, 0.4) is 0 Å². The third-order valence-electron chi connectivity index (χ3n) is 0. The summed E-state index contributed by atoms with van der Waals surface area (Å²) < 4.78 is 34.1. The van der Waals surface area contributed by atoms with E-state index in [1.807, 2.05) is 0 Å². The summed E-state index contributed by atoms with van der Waals surface area (Å²) in [5, 5.41) is 0. The van der Waals surface area contributed by atoms with E-state index < -0.39 is 10.4 Å². The van der Waals surface area contributed by atoms with Crippen molar-refractivity contribution in [1.82, 2.24) is 0 Å². The van der Waals surface area contributed by atoms with Crippen molar-refractivity contribution in [2.24, 2.45) is 0 Å². The predicted molar refractivity (Wildman–Crippen MR) is 44.7 cm³/mol. The van der Waals surface area contributed by atoms with E-state index in [4.69, 9.17) is 17.5 Å². The molecule has 0 aromatic rings. The molecule has 15 heavy (non-hydrogen) atoms. The topological polar surface area (TPSA) is 205 Å². The first kappa shape index (κ1) is 85.3. The van der Waals surface area contributed by atoms with Crippen LogP contribution in [-0.4, -0.2) is 128 Å². The Labute approximate surface area is 221 Å². The van der Waals surface area contributed by atoms with Crippen molar-refractivity contribution in [2.75, 3.05) is 0 Å². The fourth-order valence-corrected chi connectivity index (χ4v) is 0. The molecule has 0 atom stereocenters. The SMILES string of the molecule is O.O.O.O=S(=O)([O-])[O-].[Na+].[Na+].[Na+].[NaH].[NaH].[NaH].[OH-]. The van der Waals surface area contributed by atoms with Crippen LogP contribution in [-0.2, 0) is 10.4 Å². The van der Waals surface area contributed by atoms with Crippen molar-refractivity contribution in [3.63, 3.8) is 0 Å². The summed E-state index contributed by atoms with van der Waals surface area (Å²) in [7, 11) is -5.17. The molecule has 0 aromatic heterocycles. The minimum Gasteiger partial charge on any atom is -0.870 e. The molecule has 0 radical (unpaired) electrons. The molecule has 0 spiro atoms.